The maximum Gasteiger partial charge on any atom is 0.290 e. The molecule has 2 amide bonds. The zero-order valence-electron chi connectivity index (χ0n) is 13.0. The second kappa shape index (κ2) is 6.18. The number of alkyl halides is 2. The SMILES string of the molecule is CC(F)(F)c1ccc(N2CCC(N)C2)c(C=C2SC(=O)NC2=O)c1. The third-order valence-electron chi connectivity index (χ3n) is 4.03. The molecular weight excluding hydrogens is 336 g/mol. The molecule has 1 unspecified atom stereocenters. The Labute approximate surface area is 142 Å². The van der Waals surface area contributed by atoms with Crippen LogP contribution < -0.4 is 16.0 Å². The summed E-state index contributed by atoms with van der Waals surface area (Å²) in [6, 6.07) is 4.40. The van der Waals surface area contributed by atoms with E-state index >= 15 is 0 Å². The summed E-state index contributed by atoms with van der Waals surface area (Å²) in [5, 5.41) is 1.70. The first-order valence-corrected chi connectivity index (χ1v) is 8.33. The van der Waals surface area contributed by atoms with Gasteiger partial charge in [-0.1, -0.05) is 6.07 Å². The van der Waals surface area contributed by atoms with Crippen molar-refractivity contribution >= 4 is 34.7 Å². The highest BCUT2D eigenvalue weighted by atomic mass is 32.2. The Morgan fingerprint density at radius 2 is 2.17 bits per heavy atom. The molecule has 1 aromatic rings. The van der Waals surface area contributed by atoms with Crippen molar-refractivity contribution in [2.45, 2.75) is 25.3 Å². The lowest BCUT2D eigenvalue weighted by atomic mass is 10.0. The number of anilines is 1. The van der Waals surface area contributed by atoms with Gasteiger partial charge in [-0.2, -0.15) is 0 Å². The second-order valence-corrected chi connectivity index (χ2v) is 7.02. The number of carbonyl (C=O) groups is 2. The van der Waals surface area contributed by atoms with Gasteiger partial charge in [-0.25, -0.2) is 8.78 Å². The van der Waals surface area contributed by atoms with Crippen LogP contribution in [-0.2, 0) is 10.7 Å². The minimum Gasteiger partial charge on any atom is -0.369 e. The number of carbonyl (C=O) groups excluding carboxylic acids is 2. The van der Waals surface area contributed by atoms with E-state index in [1.54, 1.807) is 6.07 Å². The summed E-state index contributed by atoms with van der Waals surface area (Å²) >= 11 is 0.764. The summed E-state index contributed by atoms with van der Waals surface area (Å²) in [7, 11) is 0. The summed E-state index contributed by atoms with van der Waals surface area (Å²) in [6.07, 6.45) is 2.30. The summed E-state index contributed by atoms with van der Waals surface area (Å²) in [5.41, 5.74) is 7.00. The van der Waals surface area contributed by atoms with Crippen molar-refractivity contribution in [1.82, 2.24) is 5.32 Å². The second-order valence-electron chi connectivity index (χ2n) is 6.01. The van der Waals surface area contributed by atoms with Gasteiger partial charge in [0.25, 0.3) is 17.1 Å². The largest absolute Gasteiger partial charge is 0.369 e. The fraction of sp³-hybridized carbons (Fsp3) is 0.375. The van der Waals surface area contributed by atoms with Crippen LogP contribution in [0.1, 0.15) is 24.5 Å². The monoisotopic (exact) mass is 353 g/mol. The smallest absolute Gasteiger partial charge is 0.290 e. The van der Waals surface area contributed by atoms with Gasteiger partial charge >= 0.3 is 0 Å². The molecule has 128 valence electrons. The van der Waals surface area contributed by atoms with Gasteiger partial charge in [0.2, 0.25) is 0 Å². The van der Waals surface area contributed by atoms with Crippen molar-refractivity contribution in [2.75, 3.05) is 18.0 Å². The van der Waals surface area contributed by atoms with Crippen molar-refractivity contribution in [3.05, 3.63) is 34.2 Å². The van der Waals surface area contributed by atoms with Crippen LogP contribution in [0.2, 0.25) is 0 Å². The molecule has 2 saturated heterocycles. The predicted octanol–water partition coefficient (Wildman–Crippen LogP) is 2.66. The van der Waals surface area contributed by atoms with Crippen LogP contribution in [0.3, 0.4) is 0 Å². The van der Waals surface area contributed by atoms with E-state index < -0.39 is 17.1 Å². The Kier molecular flexibility index (Phi) is 4.35. The maximum absolute atomic E-state index is 13.7. The number of hydrogen-bond acceptors (Lipinski definition) is 5. The number of hydrogen-bond donors (Lipinski definition) is 2. The van der Waals surface area contributed by atoms with E-state index in [1.165, 1.54) is 18.2 Å². The molecule has 2 aliphatic heterocycles. The molecule has 2 heterocycles. The highest BCUT2D eigenvalue weighted by Gasteiger charge is 2.29. The first-order chi connectivity index (χ1) is 11.2. The lowest BCUT2D eigenvalue weighted by molar-refractivity contribution is -0.115. The lowest BCUT2D eigenvalue weighted by Crippen LogP contribution is -2.27. The van der Waals surface area contributed by atoms with Crippen LogP contribution in [0.25, 0.3) is 6.08 Å². The molecule has 1 atom stereocenters. The Balaban J connectivity index is 2.04. The number of imide groups is 1. The van der Waals surface area contributed by atoms with E-state index in [1.807, 2.05) is 4.90 Å². The number of nitrogens with two attached hydrogens (primary N) is 1. The number of amides is 2. The quantitative estimate of drug-likeness (QED) is 0.817. The normalized spacial score (nSPS) is 23.2. The molecule has 0 radical (unpaired) electrons. The van der Waals surface area contributed by atoms with E-state index in [9.17, 15) is 18.4 Å². The number of halogens is 2. The van der Waals surface area contributed by atoms with Crippen molar-refractivity contribution in [3.8, 4) is 0 Å². The van der Waals surface area contributed by atoms with Crippen LogP contribution in [0, 0.1) is 0 Å². The lowest BCUT2D eigenvalue weighted by Gasteiger charge is -2.22. The fourth-order valence-electron chi connectivity index (χ4n) is 2.80. The van der Waals surface area contributed by atoms with Gasteiger partial charge in [0.1, 0.15) is 0 Å². The van der Waals surface area contributed by atoms with E-state index in [0.717, 1.165) is 37.3 Å². The molecular formula is C16H17F2N3O2S. The summed E-state index contributed by atoms with van der Waals surface area (Å²) in [4.78, 5) is 25.3. The zero-order valence-corrected chi connectivity index (χ0v) is 13.8. The maximum atomic E-state index is 13.7. The number of thioether (sulfide) groups is 1. The van der Waals surface area contributed by atoms with Gasteiger partial charge in [-0.3, -0.25) is 14.9 Å². The first kappa shape index (κ1) is 16.9. The topological polar surface area (TPSA) is 75.4 Å². The molecule has 0 aliphatic carbocycles. The molecule has 3 N–H and O–H groups in total. The summed E-state index contributed by atoms with van der Waals surface area (Å²) < 4.78 is 27.3. The van der Waals surface area contributed by atoms with Gasteiger partial charge in [-0.05, 0) is 42.0 Å². The minimum atomic E-state index is -2.99. The number of benzene rings is 1. The molecule has 3 rings (SSSR count). The van der Waals surface area contributed by atoms with Crippen molar-refractivity contribution in [3.63, 3.8) is 0 Å². The fourth-order valence-corrected chi connectivity index (χ4v) is 3.47. The molecule has 0 spiro atoms. The minimum absolute atomic E-state index is 0.0310. The van der Waals surface area contributed by atoms with Gasteiger partial charge < -0.3 is 10.6 Å². The molecule has 5 nitrogen and oxygen atoms in total. The molecule has 0 bridgehead atoms. The van der Waals surface area contributed by atoms with E-state index in [-0.39, 0.29) is 16.5 Å². The molecule has 0 aromatic heterocycles. The molecule has 2 aliphatic rings. The van der Waals surface area contributed by atoms with Crippen LogP contribution >= 0.6 is 11.8 Å². The highest BCUT2D eigenvalue weighted by molar-refractivity contribution is 8.18. The van der Waals surface area contributed by atoms with E-state index in [0.29, 0.717) is 12.1 Å². The third kappa shape index (κ3) is 3.44. The Bertz CT molecular complexity index is 731. The number of nitrogens with zero attached hydrogens (tertiary/aromatic N) is 1. The Morgan fingerprint density at radius 3 is 2.71 bits per heavy atom. The van der Waals surface area contributed by atoms with Crippen LogP contribution in [0.5, 0.6) is 0 Å². The standard InChI is InChI=1S/C16H17F2N3O2S/c1-16(17,18)10-2-3-12(21-5-4-11(19)8-21)9(6-10)7-13-14(22)20-15(23)24-13/h2-3,6-7,11H,4-5,8,19H2,1H3,(H,20,22,23). The van der Waals surface area contributed by atoms with Crippen LogP contribution in [0.4, 0.5) is 19.3 Å². The molecule has 8 heteroatoms. The van der Waals surface area contributed by atoms with Crippen LogP contribution in [-0.4, -0.2) is 30.3 Å². The number of rotatable bonds is 3. The Hall–Kier alpha value is -1.93. The van der Waals surface area contributed by atoms with Crippen molar-refractivity contribution in [1.29, 1.82) is 0 Å². The van der Waals surface area contributed by atoms with Crippen molar-refractivity contribution < 1.29 is 18.4 Å². The van der Waals surface area contributed by atoms with Gasteiger partial charge in [0.15, 0.2) is 0 Å². The Morgan fingerprint density at radius 1 is 1.42 bits per heavy atom. The summed E-state index contributed by atoms with van der Waals surface area (Å²) in [5.74, 6) is -3.50. The first-order valence-electron chi connectivity index (χ1n) is 7.52. The molecule has 2 fully saturated rings. The zero-order chi connectivity index (χ0) is 17.5. The van der Waals surface area contributed by atoms with Crippen LogP contribution in [0.15, 0.2) is 23.1 Å². The molecule has 24 heavy (non-hydrogen) atoms. The van der Waals surface area contributed by atoms with Gasteiger partial charge in [-0.15, -0.1) is 0 Å². The average Bonchev–Trinajstić information content (AvgIpc) is 3.04. The van der Waals surface area contributed by atoms with E-state index in [2.05, 4.69) is 5.32 Å². The summed E-state index contributed by atoms with van der Waals surface area (Å²) in [6.45, 7) is 2.17. The van der Waals surface area contributed by atoms with Gasteiger partial charge in [0, 0.05) is 37.3 Å². The van der Waals surface area contributed by atoms with E-state index in [4.69, 9.17) is 5.73 Å². The third-order valence-corrected chi connectivity index (χ3v) is 4.84. The highest BCUT2D eigenvalue weighted by Crippen LogP contribution is 2.35. The number of nitrogens with one attached hydrogen (secondary N) is 1. The average molecular weight is 353 g/mol. The predicted molar refractivity (Wildman–Crippen MR) is 89.9 cm³/mol. The van der Waals surface area contributed by atoms with Crippen molar-refractivity contribution in [2.24, 2.45) is 5.73 Å². The van der Waals surface area contributed by atoms with Gasteiger partial charge in [0.05, 0.1) is 4.91 Å². The molecule has 0 saturated carbocycles. The molecule has 1 aromatic carbocycles.